The van der Waals surface area contributed by atoms with Crippen LogP contribution in [-0.4, -0.2) is 53.5 Å². The molecule has 34 heavy (non-hydrogen) atoms. The van der Waals surface area contributed by atoms with Crippen molar-refractivity contribution in [3.05, 3.63) is 48.0 Å². The van der Waals surface area contributed by atoms with Crippen molar-refractivity contribution in [2.45, 2.75) is 95.7 Å². The van der Waals surface area contributed by atoms with E-state index in [0.29, 0.717) is 32.5 Å². The minimum Gasteiger partial charge on any atom is -0.463 e. The molecule has 2 aliphatic rings. The van der Waals surface area contributed by atoms with Crippen LogP contribution in [0.2, 0.25) is 0 Å². The quantitative estimate of drug-likeness (QED) is 0.248. The van der Waals surface area contributed by atoms with E-state index in [2.05, 4.69) is 24.3 Å². The highest BCUT2D eigenvalue weighted by Gasteiger charge is 2.43. The summed E-state index contributed by atoms with van der Waals surface area (Å²) < 4.78 is 17.3. The summed E-state index contributed by atoms with van der Waals surface area (Å²) in [6, 6.07) is 10.4. The molecule has 2 fully saturated rings. The molecule has 2 N–H and O–H groups in total. The molecular formula is C28H42O6. The van der Waals surface area contributed by atoms with Crippen LogP contribution in [0.15, 0.2) is 42.5 Å². The maximum atomic E-state index is 11.6. The second kappa shape index (κ2) is 13.4. The first kappa shape index (κ1) is 26.9. The Hall–Kier alpha value is -1.73. The van der Waals surface area contributed by atoms with Gasteiger partial charge in [0.25, 0.3) is 0 Å². The maximum absolute atomic E-state index is 11.6. The molecule has 0 unspecified atom stereocenters. The van der Waals surface area contributed by atoms with Gasteiger partial charge in [-0.25, -0.2) is 0 Å². The van der Waals surface area contributed by atoms with Crippen molar-refractivity contribution in [3.63, 3.8) is 0 Å². The zero-order valence-electron chi connectivity index (χ0n) is 20.7. The van der Waals surface area contributed by atoms with E-state index in [-0.39, 0.29) is 23.9 Å². The van der Waals surface area contributed by atoms with Gasteiger partial charge in [0.2, 0.25) is 0 Å². The molecule has 6 nitrogen and oxygen atoms in total. The van der Waals surface area contributed by atoms with Gasteiger partial charge in [0, 0.05) is 19.3 Å². The van der Waals surface area contributed by atoms with Gasteiger partial charge in [-0.05, 0) is 69.8 Å². The Kier molecular flexibility index (Phi) is 10.6. The number of aliphatic hydroxyl groups is 2. The highest BCUT2D eigenvalue weighted by Crippen LogP contribution is 2.41. The molecule has 1 aromatic rings. The normalized spacial score (nSPS) is 26.5. The van der Waals surface area contributed by atoms with Crippen molar-refractivity contribution >= 4 is 5.97 Å². The fraction of sp³-hybridized carbons (Fsp3) is 0.679. The summed E-state index contributed by atoms with van der Waals surface area (Å²) in [5.41, 5.74) is 1.26. The molecule has 0 radical (unpaired) electrons. The van der Waals surface area contributed by atoms with E-state index in [9.17, 15) is 15.0 Å². The lowest BCUT2D eigenvalue weighted by Crippen LogP contribution is -2.33. The molecule has 3 rings (SSSR count). The highest BCUT2D eigenvalue weighted by molar-refractivity contribution is 5.69. The lowest BCUT2D eigenvalue weighted by Gasteiger charge is -2.31. The van der Waals surface area contributed by atoms with Crippen LogP contribution in [0.25, 0.3) is 0 Å². The first-order chi connectivity index (χ1) is 16.4. The topological polar surface area (TPSA) is 85.2 Å². The molecule has 1 aliphatic heterocycles. The number of aryl methyl sites for hydroxylation is 1. The molecule has 0 amide bonds. The van der Waals surface area contributed by atoms with E-state index in [1.54, 1.807) is 0 Å². The van der Waals surface area contributed by atoms with Gasteiger partial charge in [-0.15, -0.1) is 0 Å². The van der Waals surface area contributed by atoms with Crippen molar-refractivity contribution in [2.75, 3.05) is 13.2 Å². The number of carbonyl (C=O) groups excluding carboxylic acids is 1. The van der Waals surface area contributed by atoms with E-state index in [4.69, 9.17) is 14.2 Å². The smallest absolute Gasteiger partial charge is 0.306 e. The molecule has 1 saturated heterocycles. The molecule has 1 aliphatic carbocycles. The molecule has 4 atom stereocenters. The minimum absolute atomic E-state index is 0.0158. The van der Waals surface area contributed by atoms with E-state index < -0.39 is 18.0 Å². The number of hydrogen-bond acceptors (Lipinski definition) is 6. The van der Waals surface area contributed by atoms with Gasteiger partial charge in [0.1, 0.15) is 0 Å². The van der Waals surface area contributed by atoms with Crippen molar-refractivity contribution in [2.24, 2.45) is 11.8 Å². The van der Waals surface area contributed by atoms with Crippen LogP contribution in [0.4, 0.5) is 0 Å². The third-order valence-corrected chi connectivity index (χ3v) is 7.02. The summed E-state index contributed by atoms with van der Waals surface area (Å²) in [6.07, 6.45) is 9.31. The average molecular weight is 475 g/mol. The second-order valence-electron chi connectivity index (χ2n) is 9.97. The molecule has 0 aromatic heterocycles. The van der Waals surface area contributed by atoms with Crippen molar-refractivity contribution in [1.29, 1.82) is 0 Å². The van der Waals surface area contributed by atoms with E-state index in [0.717, 1.165) is 38.5 Å². The van der Waals surface area contributed by atoms with Crippen LogP contribution < -0.4 is 0 Å². The van der Waals surface area contributed by atoms with Crippen LogP contribution in [-0.2, 0) is 25.4 Å². The van der Waals surface area contributed by atoms with Gasteiger partial charge in [-0.1, -0.05) is 42.5 Å². The van der Waals surface area contributed by atoms with Crippen molar-refractivity contribution < 1.29 is 29.2 Å². The van der Waals surface area contributed by atoms with Crippen LogP contribution in [0.1, 0.15) is 70.8 Å². The fourth-order valence-electron chi connectivity index (χ4n) is 5.24. The number of carbonyl (C=O) groups is 1. The number of benzene rings is 1. The van der Waals surface area contributed by atoms with Crippen molar-refractivity contribution in [1.82, 2.24) is 0 Å². The predicted octanol–water partition coefficient (Wildman–Crippen LogP) is 4.57. The molecule has 1 heterocycles. The monoisotopic (exact) mass is 474 g/mol. The molecule has 6 heteroatoms. The first-order valence-electron chi connectivity index (χ1n) is 12.9. The predicted molar refractivity (Wildman–Crippen MR) is 131 cm³/mol. The Morgan fingerprint density at radius 2 is 1.79 bits per heavy atom. The number of hydrogen-bond donors (Lipinski definition) is 2. The first-order valence-corrected chi connectivity index (χ1v) is 12.9. The number of esters is 1. The van der Waals surface area contributed by atoms with E-state index >= 15 is 0 Å². The number of aliphatic hydroxyl groups excluding tert-OH is 2. The van der Waals surface area contributed by atoms with E-state index in [1.807, 2.05) is 32.0 Å². The molecule has 0 spiro atoms. The molecule has 1 aromatic carbocycles. The Bertz CT molecular complexity index is 755. The van der Waals surface area contributed by atoms with Crippen LogP contribution in [0.3, 0.4) is 0 Å². The van der Waals surface area contributed by atoms with E-state index in [1.165, 1.54) is 5.56 Å². The summed E-state index contributed by atoms with van der Waals surface area (Å²) in [6.45, 7) is 4.90. The van der Waals surface area contributed by atoms with Crippen LogP contribution >= 0.6 is 0 Å². The van der Waals surface area contributed by atoms with Crippen LogP contribution in [0.5, 0.6) is 0 Å². The van der Waals surface area contributed by atoms with Gasteiger partial charge in [0.05, 0.1) is 31.5 Å². The van der Waals surface area contributed by atoms with Crippen LogP contribution in [0, 0.1) is 11.8 Å². The minimum atomic E-state index is -0.603. The molecular weight excluding hydrogens is 432 g/mol. The third-order valence-electron chi connectivity index (χ3n) is 7.02. The zero-order chi connectivity index (χ0) is 24.4. The fourth-order valence-corrected chi connectivity index (χ4v) is 5.24. The number of allylic oxidation sites excluding steroid dienone is 2. The summed E-state index contributed by atoms with van der Waals surface area (Å²) >= 11 is 0. The summed E-state index contributed by atoms with van der Waals surface area (Å²) in [4.78, 5) is 11.6. The standard InChI is InChI=1S/C28H42O6/c1-21(2)34-27(31)13-9-4-3-8-12-23-24(26(30)20-25(23)29)15-17-28(32-18-19-33-28)16-14-22-10-6-5-7-11-22/h3,5-8,10-11,21,23-26,29-30H,4,9,12-20H2,1-2H3/t23-,24-,25+,26-/m1/s1. The average Bonchev–Trinajstić information content (AvgIpc) is 3.38. The third kappa shape index (κ3) is 8.19. The SMILES string of the molecule is CC(C)OC(=O)CCCC=CC[C@@H]1[C@@H](CCC2(CCc3ccccc3)OCCO2)[C@H](O)C[C@@H]1O. The van der Waals surface area contributed by atoms with Gasteiger partial charge >= 0.3 is 5.97 Å². The number of unbranched alkanes of at least 4 members (excludes halogenated alkanes) is 1. The second-order valence-corrected chi connectivity index (χ2v) is 9.97. The van der Waals surface area contributed by atoms with Crippen molar-refractivity contribution in [3.8, 4) is 0 Å². The van der Waals surface area contributed by atoms with Gasteiger partial charge in [-0.3, -0.25) is 4.79 Å². The number of ether oxygens (including phenoxy) is 3. The molecule has 190 valence electrons. The highest BCUT2D eigenvalue weighted by atomic mass is 16.7. The maximum Gasteiger partial charge on any atom is 0.306 e. The Balaban J connectivity index is 1.47. The van der Waals surface area contributed by atoms with Gasteiger partial charge < -0.3 is 24.4 Å². The summed E-state index contributed by atoms with van der Waals surface area (Å²) in [7, 11) is 0. The lowest BCUT2D eigenvalue weighted by molar-refractivity contribution is -0.170. The largest absolute Gasteiger partial charge is 0.463 e. The van der Waals surface area contributed by atoms with Gasteiger partial charge in [-0.2, -0.15) is 0 Å². The number of rotatable bonds is 13. The Labute approximate surface area is 204 Å². The Morgan fingerprint density at radius 1 is 1.09 bits per heavy atom. The van der Waals surface area contributed by atoms with Gasteiger partial charge in [0.15, 0.2) is 5.79 Å². The summed E-state index contributed by atoms with van der Waals surface area (Å²) in [5, 5.41) is 21.2. The summed E-state index contributed by atoms with van der Waals surface area (Å²) in [5.74, 6) is -0.726. The zero-order valence-corrected chi connectivity index (χ0v) is 20.7. The molecule has 0 bridgehead atoms. The Morgan fingerprint density at radius 3 is 2.50 bits per heavy atom. The lowest BCUT2D eigenvalue weighted by atomic mass is 9.85. The molecule has 1 saturated carbocycles.